The Morgan fingerprint density at radius 3 is 2.92 bits per heavy atom. The van der Waals surface area contributed by atoms with E-state index in [4.69, 9.17) is 5.11 Å². The minimum absolute atomic E-state index is 0.0612. The number of carboxylic acid groups (broad SMARTS) is 1. The second-order valence-electron chi connectivity index (χ2n) is 3.02. The van der Waals surface area contributed by atoms with Gasteiger partial charge in [-0.2, -0.15) is 0 Å². The average Bonchev–Trinajstić information content (AvgIpc) is 2.55. The van der Waals surface area contributed by atoms with E-state index < -0.39 is 11.5 Å². The summed E-state index contributed by atoms with van der Waals surface area (Å²) in [5.74, 6) is -0.815. The van der Waals surface area contributed by atoms with Crippen LogP contribution in [0.15, 0.2) is 11.7 Å². The van der Waals surface area contributed by atoms with Crippen LogP contribution in [-0.4, -0.2) is 23.1 Å². The van der Waals surface area contributed by atoms with Gasteiger partial charge in [-0.05, 0) is 14.0 Å². The number of carboxylic acids is 1. The summed E-state index contributed by atoms with van der Waals surface area (Å²) in [5, 5.41) is 11.7. The van der Waals surface area contributed by atoms with E-state index >= 15 is 0 Å². The van der Waals surface area contributed by atoms with Crippen molar-refractivity contribution < 1.29 is 9.90 Å². The van der Waals surface area contributed by atoms with Gasteiger partial charge in [0.05, 0.1) is 17.5 Å². The standard InChI is InChI=1S/C8H12N2O2S/c1-8(9-2,3-7(11)12)6-4-10-5-13-6/h4-5,9H,3H2,1-2H3,(H,11,12). The smallest absolute Gasteiger partial charge is 0.305 e. The number of aliphatic carboxylic acids is 1. The van der Waals surface area contributed by atoms with Crippen LogP contribution >= 0.6 is 11.3 Å². The van der Waals surface area contributed by atoms with E-state index in [-0.39, 0.29) is 6.42 Å². The lowest BCUT2D eigenvalue weighted by Gasteiger charge is -2.25. The van der Waals surface area contributed by atoms with Crippen LogP contribution in [0.4, 0.5) is 0 Å². The van der Waals surface area contributed by atoms with E-state index in [1.165, 1.54) is 11.3 Å². The van der Waals surface area contributed by atoms with Crippen LogP contribution in [0.3, 0.4) is 0 Å². The summed E-state index contributed by atoms with van der Waals surface area (Å²) < 4.78 is 0. The molecular formula is C8H12N2O2S. The van der Waals surface area contributed by atoms with Gasteiger partial charge >= 0.3 is 5.97 Å². The van der Waals surface area contributed by atoms with E-state index in [9.17, 15) is 4.79 Å². The fourth-order valence-electron chi connectivity index (χ4n) is 1.09. The van der Waals surface area contributed by atoms with Crippen LogP contribution in [0.25, 0.3) is 0 Å². The third kappa shape index (κ3) is 2.26. The van der Waals surface area contributed by atoms with E-state index in [0.717, 1.165) is 4.88 Å². The summed E-state index contributed by atoms with van der Waals surface area (Å²) in [6.07, 6.45) is 1.76. The number of aromatic nitrogens is 1. The summed E-state index contributed by atoms with van der Waals surface area (Å²) in [7, 11) is 1.75. The van der Waals surface area contributed by atoms with Crippen molar-refractivity contribution in [3.63, 3.8) is 0 Å². The number of thiazole rings is 1. The number of hydrogen-bond acceptors (Lipinski definition) is 4. The van der Waals surface area contributed by atoms with Crippen LogP contribution in [0, 0.1) is 0 Å². The minimum atomic E-state index is -0.815. The molecule has 0 amide bonds. The molecule has 13 heavy (non-hydrogen) atoms. The third-order valence-electron chi connectivity index (χ3n) is 2.03. The molecule has 1 rings (SSSR count). The second-order valence-corrected chi connectivity index (χ2v) is 3.90. The summed E-state index contributed by atoms with van der Waals surface area (Å²) in [6, 6.07) is 0. The van der Waals surface area contributed by atoms with Gasteiger partial charge in [0.1, 0.15) is 0 Å². The van der Waals surface area contributed by atoms with E-state index in [1.807, 2.05) is 6.92 Å². The van der Waals surface area contributed by atoms with Crippen molar-refractivity contribution >= 4 is 17.3 Å². The Labute approximate surface area is 80.6 Å². The van der Waals surface area contributed by atoms with Gasteiger partial charge in [0, 0.05) is 11.1 Å². The molecule has 4 nitrogen and oxygen atoms in total. The zero-order chi connectivity index (χ0) is 9.90. The van der Waals surface area contributed by atoms with Gasteiger partial charge in [0.15, 0.2) is 0 Å². The van der Waals surface area contributed by atoms with Gasteiger partial charge < -0.3 is 10.4 Å². The first-order chi connectivity index (χ1) is 6.08. The molecule has 0 aliphatic carbocycles. The minimum Gasteiger partial charge on any atom is -0.481 e. The van der Waals surface area contributed by atoms with Crippen molar-refractivity contribution in [1.82, 2.24) is 10.3 Å². The molecule has 1 heterocycles. The molecule has 0 aliphatic rings. The molecule has 1 aromatic heterocycles. The number of rotatable bonds is 4. The molecule has 1 unspecified atom stereocenters. The van der Waals surface area contributed by atoms with Crippen molar-refractivity contribution in [2.75, 3.05) is 7.05 Å². The van der Waals surface area contributed by atoms with Crippen LogP contribution < -0.4 is 5.32 Å². The molecule has 1 atom stereocenters. The van der Waals surface area contributed by atoms with Crippen LogP contribution in [0.5, 0.6) is 0 Å². The molecule has 0 bridgehead atoms. The third-order valence-corrected chi connectivity index (χ3v) is 3.07. The molecule has 0 aliphatic heterocycles. The zero-order valence-corrected chi connectivity index (χ0v) is 8.39. The highest BCUT2D eigenvalue weighted by Gasteiger charge is 2.28. The largest absolute Gasteiger partial charge is 0.481 e. The van der Waals surface area contributed by atoms with Gasteiger partial charge in [-0.25, -0.2) is 0 Å². The maximum absolute atomic E-state index is 10.6. The number of carbonyl (C=O) groups is 1. The Bertz CT molecular complexity index is 286. The molecule has 0 fully saturated rings. The van der Waals surface area contributed by atoms with Crippen molar-refractivity contribution in [2.24, 2.45) is 0 Å². The van der Waals surface area contributed by atoms with Crippen LogP contribution in [0.2, 0.25) is 0 Å². The predicted molar refractivity (Wildman–Crippen MR) is 50.8 cm³/mol. The maximum Gasteiger partial charge on any atom is 0.305 e. The summed E-state index contributed by atoms with van der Waals surface area (Å²) in [4.78, 5) is 15.5. The first-order valence-electron chi connectivity index (χ1n) is 3.88. The van der Waals surface area contributed by atoms with Crippen molar-refractivity contribution in [3.8, 4) is 0 Å². The molecule has 72 valence electrons. The summed E-state index contributed by atoms with van der Waals surface area (Å²) >= 11 is 1.46. The van der Waals surface area contributed by atoms with Gasteiger partial charge in [-0.15, -0.1) is 11.3 Å². The fourth-order valence-corrected chi connectivity index (χ4v) is 1.88. The first-order valence-corrected chi connectivity index (χ1v) is 4.76. The van der Waals surface area contributed by atoms with E-state index in [2.05, 4.69) is 10.3 Å². The van der Waals surface area contributed by atoms with Crippen LogP contribution in [0.1, 0.15) is 18.2 Å². The highest BCUT2D eigenvalue weighted by atomic mass is 32.1. The Hall–Kier alpha value is -0.940. The van der Waals surface area contributed by atoms with E-state index in [1.54, 1.807) is 18.8 Å². The van der Waals surface area contributed by atoms with Gasteiger partial charge in [0.2, 0.25) is 0 Å². The van der Waals surface area contributed by atoms with Crippen molar-refractivity contribution in [2.45, 2.75) is 18.9 Å². The first kappa shape index (κ1) is 10.1. The van der Waals surface area contributed by atoms with Crippen LogP contribution in [-0.2, 0) is 10.3 Å². The summed E-state index contributed by atoms with van der Waals surface area (Å²) in [6.45, 7) is 1.86. The molecule has 1 aromatic rings. The van der Waals surface area contributed by atoms with E-state index in [0.29, 0.717) is 0 Å². The predicted octanol–water partition coefficient (Wildman–Crippen LogP) is 1.05. The molecule has 0 saturated carbocycles. The van der Waals surface area contributed by atoms with Crippen molar-refractivity contribution in [1.29, 1.82) is 0 Å². The quantitative estimate of drug-likeness (QED) is 0.762. The summed E-state index contributed by atoms with van der Waals surface area (Å²) in [5.41, 5.74) is 1.19. The number of nitrogens with zero attached hydrogens (tertiary/aromatic N) is 1. The molecule has 0 radical (unpaired) electrons. The normalized spacial score (nSPS) is 15.2. The molecule has 0 spiro atoms. The van der Waals surface area contributed by atoms with Gasteiger partial charge in [-0.1, -0.05) is 0 Å². The molecule has 2 N–H and O–H groups in total. The highest BCUT2D eigenvalue weighted by Crippen LogP contribution is 2.26. The Kier molecular flexibility index (Phi) is 3.00. The molecular weight excluding hydrogens is 188 g/mol. The van der Waals surface area contributed by atoms with Crippen molar-refractivity contribution in [3.05, 3.63) is 16.6 Å². The molecule has 0 aromatic carbocycles. The second kappa shape index (κ2) is 3.85. The Morgan fingerprint density at radius 2 is 2.54 bits per heavy atom. The van der Waals surface area contributed by atoms with Gasteiger partial charge in [0.25, 0.3) is 0 Å². The number of hydrogen-bond donors (Lipinski definition) is 2. The Balaban J connectivity index is 2.87. The highest BCUT2D eigenvalue weighted by molar-refractivity contribution is 7.09. The lowest BCUT2D eigenvalue weighted by Crippen LogP contribution is -2.38. The number of nitrogens with one attached hydrogen (secondary N) is 1. The topological polar surface area (TPSA) is 62.2 Å². The molecule has 5 heteroatoms. The lowest BCUT2D eigenvalue weighted by molar-refractivity contribution is -0.138. The van der Waals surface area contributed by atoms with Gasteiger partial charge in [-0.3, -0.25) is 9.78 Å². The maximum atomic E-state index is 10.6. The SMILES string of the molecule is CNC(C)(CC(=O)O)c1cncs1. The zero-order valence-electron chi connectivity index (χ0n) is 7.57. The average molecular weight is 200 g/mol. The Morgan fingerprint density at radius 1 is 1.85 bits per heavy atom. The lowest BCUT2D eigenvalue weighted by atomic mass is 9.97. The monoisotopic (exact) mass is 200 g/mol. The molecule has 0 saturated heterocycles. The fraction of sp³-hybridized carbons (Fsp3) is 0.500.